The van der Waals surface area contributed by atoms with E-state index in [1.807, 2.05) is 0 Å². The van der Waals surface area contributed by atoms with Crippen LogP contribution in [-0.4, -0.2) is 0 Å². The van der Waals surface area contributed by atoms with Gasteiger partial charge in [0.25, 0.3) is 0 Å². The van der Waals surface area contributed by atoms with E-state index in [0.29, 0.717) is 0 Å². The maximum absolute atomic E-state index is 2.48. The van der Waals surface area contributed by atoms with E-state index < -0.39 is 0 Å². The Hall–Kier alpha value is -6.64. The monoisotopic (exact) mass is 790 g/mol. The van der Waals surface area contributed by atoms with Crippen LogP contribution in [0.4, 0.5) is 34.1 Å². The highest BCUT2D eigenvalue weighted by molar-refractivity contribution is 6.20. The molecule has 2 heteroatoms. The van der Waals surface area contributed by atoms with Gasteiger partial charge in [0, 0.05) is 39.5 Å². The molecule has 0 atom stereocenters. The number of aryl methyl sites for hydroxylation is 2. The van der Waals surface area contributed by atoms with Gasteiger partial charge in [-0.1, -0.05) is 151 Å². The highest BCUT2D eigenvalue weighted by atomic mass is 15.1. The molecule has 1 aliphatic rings. The third-order valence-electron chi connectivity index (χ3n) is 13.3. The zero-order chi connectivity index (χ0) is 42.3. The number of benzene rings is 9. The van der Waals surface area contributed by atoms with Crippen LogP contribution in [0.1, 0.15) is 63.8 Å². The molecule has 9 aromatic rings. The van der Waals surface area contributed by atoms with E-state index in [2.05, 4.69) is 247 Å². The zero-order valence-electron chi connectivity index (χ0n) is 36.7. The Labute approximate surface area is 361 Å². The van der Waals surface area contributed by atoms with Crippen LogP contribution in [0, 0.1) is 24.7 Å². The molecular weight excluding hydrogens is 737 g/mol. The normalized spacial score (nSPS) is 13.4. The van der Waals surface area contributed by atoms with Gasteiger partial charge in [-0.05, 0) is 163 Å². The van der Waals surface area contributed by atoms with Gasteiger partial charge >= 0.3 is 0 Å². The van der Waals surface area contributed by atoms with Crippen LogP contribution in [0.2, 0.25) is 0 Å². The number of fused-ring (bicyclic) bond motifs is 10. The van der Waals surface area contributed by atoms with Crippen molar-refractivity contribution in [1.82, 2.24) is 0 Å². The predicted octanol–water partition coefficient (Wildman–Crippen LogP) is 17.1. The number of nitrogens with zero attached hydrogens (tertiary/aromatic N) is 2. The van der Waals surface area contributed by atoms with Crippen molar-refractivity contribution in [2.75, 3.05) is 9.80 Å². The van der Waals surface area contributed by atoms with Crippen molar-refractivity contribution in [3.8, 4) is 11.1 Å². The van der Waals surface area contributed by atoms with E-state index in [1.54, 1.807) is 0 Å². The Morgan fingerprint density at radius 2 is 0.820 bits per heavy atom. The fourth-order valence-corrected chi connectivity index (χ4v) is 11.4. The van der Waals surface area contributed by atoms with Gasteiger partial charge in [0.1, 0.15) is 0 Å². The average molecular weight is 791 g/mol. The fourth-order valence-electron chi connectivity index (χ4n) is 11.4. The Morgan fingerprint density at radius 3 is 1.36 bits per heavy atom. The second-order valence-corrected chi connectivity index (χ2v) is 19.2. The van der Waals surface area contributed by atoms with E-state index >= 15 is 0 Å². The highest BCUT2D eigenvalue weighted by Gasteiger charge is 2.59. The molecule has 0 amide bonds. The maximum Gasteiger partial charge on any atom is 0.0468 e. The van der Waals surface area contributed by atoms with Gasteiger partial charge in [-0.25, -0.2) is 0 Å². The molecule has 9 aromatic carbocycles. The lowest BCUT2D eigenvalue weighted by Crippen LogP contribution is -2.50. The van der Waals surface area contributed by atoms with Crippen LogP contribution in [0.5, 0.6) is 0 Å². The Balaban J connectivity index is 1.27. The Bertz CT molecular complexity index is 3110. The molecule has 1 aliphatic carbocycles. The molecule has 0 saturated carbocycles. The van der Waals surface area contributed by atoms with Crippen molar-refractivity contribution in [1.29, 1.82) is 0 Å². The van der Waals surface area contributed by atoms with Crippen LogP contribution in [0.25, 0.3) is 43.4 Å². The minimum Gasteiger partial charge on any atom is -0.310 e. The molecule has 0 fully saturated rings. The molecule has 0 radical (unpaired) electrons. The van der Waals surface area contributed by atoms with Gasteiger partial charge in [0.2, 0.25) is 0 Å². The Kier molecular flexibility index (Phi) is 9.00. The molecule has 2 nitrogen and oxygen atoms in total. The summed E-state index contributed by atoms with van der Waals surface area (Å²) in [7, 11) is 0. The first-order chi connectivity index (χ1) is 29.4. The first kappa shape index (κ1) is 38.6. The molecule has 0 unspecified atom stereocenters. The van der Waals surface area contributed by atoms with E-state index in [1.165, 1.54) is 65.7 Å². The van der Waals surface area contributed by atoms with Gasteiger partial charge in [-0.3, -0.25) is 0 Å². The summed E-state index contributed by atoms with van der Waals surface area (Å²) in [5.74, 6) is 0. The van der Waals surface area contributed by atoms with Crippen molar-refractivity contribution in [3.05, 3.63) is 204 Å². The fraction of sp³-hybridized carbons (Fsp3) is 0.186. The zero-order valence-corrected chi connectivity index (χ0v) is 36.7. The molecule has 0 aromatic heterocycles. The SMILES string of the molecule is Cc1cccc(N(c2ccccc2)c2ccc3c4c(ccc3c2)-c2c(c3ccc(N(c5ccccc5)c5cccc(C)c5)cc3c3ccccc23)C4(C(C)(C)C)C(C)(C)C)c1. The summed E-state index contributed by atoms with van der Waals surface area (Å²) in [5.41, 5.74) is 14.3. The second kappa shape index (κ2) is 14.2. The van der Waals surface area contributed by atoms with Gasteiger partial charge < -0.3 is 9.80 Å². The molecule has 0 heterocycles. The van der Waals surface area contributed by atoms with Crippen LogP contribution in [0.15, 0.2) is 182 Å². The molecule has 0 spiro atoms. The lowest BCUT2D eigenvalue weighted by molar-refractivity contribution is 0.0977. The summed E-state index contributed by atoms with van der Waals surface area (Å²) in [5, 5.41) is 7.79. The number of anilines is 6. The summed E-state index contributed by atoms with van der Waals surface area (Å²) in [6.07, 6.45) is 0. The van der Waals surface area contributed by atoms with Crippen LogP contribution in [0.3, 0.4) is 0 Å². The first-order valence-corrected chi connectivity index (χ1v) is 21.8. The van der Waals surface area contributed by atoms with Crippen molar-refractivity contribution < 1.29 is 0 Å². The third kappa shape index (κ3) is 5.98. The van der Waals surface area contributed by atoms with Gasteiger partial charge in [-0.15, -0.1) is 0 Å². The van der Waals surface area contributed by atoms with E-state index in [9.17, 15) is 0 Å². The van der Waals surface area contributed by atoms with Crippen LogP contribution in [-0.2, 0) is 5.41 Å². The number of hydrogen-bond acceptors (Lipinski definition) is 2. The molecule has 10 rings (SSSR count). The molecule has 0 aliphatic heterocycles. The maximum atomic E-state index is 2.48. The standard InChI is InChI=1S/C59H54N2/c1-39-19-17-25-44(35-39)60(42-21-11-9-12-22-42)46-30-33-48-41(37-46)29-32-52-54-50-28-16-15-27-49(50)53-38-47(61(43-23-13-10-14-24-43)45-26-18-20-40(2)36-45)31-34-51(53)56(54)59(55(48)52,57(3,4)5)58(6,7)8/h9-38H,1-8H3. The van der Waals surface area contributed by atoms with Crippen molar-refractivity contribution in [3.63, 3.8) is 0 Å². The number of para-hydroxylation sites is 2. The molecule has 300 valence electrons. The summed E-state index contributed by atoms with van der Waals surface area (Å²) < 4.78 is 0. The number of rotatable bonds is 6. The molecule has 61 heavy (non-hydrogen) atoms. The lowest BCUT2D eigenvalue weighted by atomic mass is 9.49. The van der Waals surface area contributed by atoms with Crippen molar-refractivity contribution in [2.24, 2.45) is 10.8 Å². The number of hydrogen-bond donors (Lipinski definition) is 0. The average Bonchev–Trinajstić information content (AvgIpc) is 3.59. The van der Waals surface area contributed by atoms with Gasteiger partial charge in [-0.2, -0.15) is 0 Å². The van der Waals surface area contributed by atoms with E-state index in [-0.39, 0.29) is 16.2 Å². The largest absolute Gasteiger partial charge is 0.310 e. The molecule has 0 N–H and O–H groups in total. The minimum atomic E-state index is -0.360. The summed E-state index contributed by atoms with van der Waals surface area (Å²) in [4.78, 5) is 4.80. The smallest absolute Gasteiger partial charge is 0.0468 e. The van der Waals surface area contributed by atoms with Crippen LogP contribution >= 0.6 is 0 Å². The lowest BCUT2D eigenvalue weighted by Gasteiger charge is -2.54. The third-order valence-corrected chi connectivity index (χ3v) is 13.3. The van der Waals surface area contributed by atoms with Gasteiger partial charge in [0.05, 0.1) is 0 Å². The minimum absolute atomic E-state index is 0.165. The van der Waals surface area contributed by atoms with Crippen molar-refractivity contribution in [2.45, 2.75) is 60.8 Å². The topological polar surface area (TPSA) is 6.48 Å². The Morgan fingerprint density at radius 1 is 0.344 bits per heavy atom. The summed E-state index contributed by atoms with van der Waals surface area (Å²) in [6, 6.07) is 67.7. The highest BCUT2D eigenvalue weighted by Crippen LogP contribution is 2.68. The quantitative estimate of drug-likeness (QED) is 0.155. The summed E-state index contributed by atoms with van der Waals surface area (Å²) >= 11 is 0. The summed E-state index contributed by atoms with van der Waals surface area (Å²) in [6.45, 7) is 19.2. The molecule has 0 bridgehead atoms. The van der Waals surface area contributed by atoms with Crippen LogP contribution < -0.4 is 9.80 Å². The predicted molar refractivity (Wildman–Crippen MR) is 263 cm³/mol. The van der Waals surface area contributed by atoms with Gasteiger partial charge in [0.15, 0.2) is 0 Å². The molecular formula is C59H54N2. The first-order valence-electron chi connectivity index (χ1n) is 21.8. The van der Waals surface area contributed by atoms with Crippen molar-refractivity contribution >= 4 is 66.4 Å². The second-order valence-electron chi connectivity index (χ2n) is 19.2. The van der Waals surface area contributed by atoms with E-state index in [4.69, 9.17) is 0 Å². The molecule has 0 saturated heterocycles. The van der Waals surface area contributed by atoms with E-state index in [0.717, 1.165) is 34.1 Å².